The summed E-state index contributed by atoms with van der Waals surface area (Å²) in [6.45, 7) is 5.92. The Morgan fingerprint density at radius 1 is 1.40 bits per heavy atom. The Hall–Kier alpha value is -0.730. The molecule has 0 amide bonds. The van der Waals surface area contributed by atoms with E-state index in [0.29, 0.717) is 12.5 Å². The smallest absolute Gasteiger partial charge is 0.0471 e. The summed E-state index contributed by atoms with van der Waals surface area (Å²) in [5, 5.41) is 0.755. The predicted octanol–water partition coefficient (Wildman–Crippen LogP) is 2.89. The Morgan fingerprint density at radius 2 is 2.07 bits per heavy atom. The average molecular weight is 227 g/mol. The molecule has 0 aromatic heterocycles. The van der Waals surface area contributed by atoms with Crippen molar-refractivity contribution in [3.05, 3.63) is 28.8 Å². The van der Waals surface area contributed by atoms with Crippen molar-refractivity contribution >= 4 is 17.3 Å². The molecular formula is C12H19ClN2. The second-order valence-electron chi connectivity index (χ2n) is 4.25. The third-order valence-electron chi connectivity index (χ3n) is 2.34. The maximum atomic E-state index is 6.10. The molecule has 1 aromatic carbocycles. The van der Waals surface area contributed by atoms with Gasteiger partial charge in [0.15, 0.2) is 0 Å². The molecule has 0 heterocycles. The second kappa shape index (κ2) is 5.38. The third kappa shape index (κ3) is 3.40. The molecule has 2 nitrogen and oxygen atoms in total. The molecule has 0 unspecified atom stereocenters. The minimum absolute atomic E-state index is 0.493. The van der Waals surface area contributed by atoms with Crippen molar-refractivity contribution in [1.82, 2.24) is 0 Å². The van der Waals surface area contributed by atoms with Gasteiger partial charge in [-0.15, -0.1) is 0 Å². The zero-order valence-corrected chi connectivity index (χ0v) is 10.4. The van der Waals surface area contributed by atoms with Gasteiger partial charge in [-0.3, -0.25) is 0 Å². The highest BCUT2D eigenvalue weighted by Gasteiger charge is 2.05. The quantitative estimate of drug-likeness (QED) is 0.856. The van der Waals surface area contributed by atoms with E-state index in [2.05, 4.69) is 31.9 Å². The molecule has 15 heavy (non-hydrogen) atoms. The summed E-state index contributed by atoms with van der Waals surface area (Å²) in [4.78, 5) is 2.21. The van der Waals surface area contributed by atoms with E-state index in [9.17, 15) is 0 Å². The standard InChI is InChI=1S/C12H19ClN2/c1-9(2)8-15(3)11-5-4-10(7-14)12(13)6-11/h4-6,9H,7-8,14H2,1-3H3. The number of nitrogens with two attached hydrogens (primary N) is 1. The van der Waals surface area contributed by atoms with Crippen molar-refractivity contribution in [3.63, 3.8) is 0 Å². The zero-order chi connectivity index (χ0) is 11.4. The molecule has 84 valence electrons. The molecule has 0 radical (unpaired) electrons. The Morgan fingerprint density at radius 3 is 2.53 bits per heavy atom. The van der Waals surface area contributed by atoms with E-state index >= 15 is 0 Å². The van der Waals surface area contributed by atoms with Gasteiger partial charge in [0.2, 0.25) is 0 Å². The molecule has 2 N–H and O–H groups in total. The van der Waals surface area contributed by atoms with Crippen LogP contribution in [0.15, 0.2) is 18.2 Å². The first-order valence-electron chi connectivity index (χ1n) is 5.24. The summed E-state index contributed by atoms with van der Waals surface area (Å²) in [6, 6.07) is 6.04. The lowest BCUT2D eigenvalue weighted by atomic mass is 10.1. The number of nitrogens with zero attached hydrogens (tertiary/aromatic N) is 1. The summed E-state index contributed by atoms with van der Waals surface area (Å²) in [7, 11) is 2.08. The SMILES string of the molecule is CC(C)CN(C)c1ccc(CN)c(Cl)c1. The molecule has 3 heteroatoms. The van der Waals surface area contributed by atoms with Crippen LogP contribution in [0.3, 0.4) is 0 Å². The van der Waals surface area contributed by atoms with E-state index in [-0.39, 0.29) is 0 Å². The Kier molecular flexibility index (Phi) is 4.43. The van der Waals surface area contributed by atoms with Crippen molar-refractivity contribution in [2.75, 3.05) is 18.5 Å². The molecule has 0 aliphatic rings. The maximum Gasteiger partial charge on any atom is 0.0471 e. The summed E-state index contributed by atoms with van der Waals surface area (Å²) < 4.78 is 0. The molecule has 0 saturated heterocycles. The first-order valence-corrected chi connectivity index (χ1v) is 5.62. The van der Waals surface area contributed by atoms with Gasteiger partial charge in [-0.05, 0) is 23.6 Å². The summed E-state index contributed by atoms with van der Waals surface area (Å²) >= 11 is 6.10. The molecule has 0 saturated carbocycles. The minimum Gasteiger partial charge on any atom is -0.374 e. The van der Waals surface area contributed by atoms with E-state index in [1.807, 2.05) is 12.1 Å². The molecule has 0 spiro atoms. The maximum absolute atomic E-state index is 6.10. The predicted molar refractivity (Wildman–Crippen MR) is 67.5 cm³/mol. The third-order valence-corrected chi connectivity index (χ3v) is 2.69. The monoisotopic (exact) mass is 226 g/mol. The number of hydrogen-bond donors (Lipinski definition) is 1. The molecular weight excluding hydrogens is 208 g/mol. The fourth-order valence-electron chi connectivity index (χ4n) is 1.59. The molecule has 1 aromatic rings. The lowest BCUT2D eigenvalue weighted by molar-refractivity contribution is 0.638. The fourth-order valence-corrected chi connectivity index (χ4v) is 1.84. The molecule has 0 aliphatic carbocycles. The van der Waals surface area contributed by atoms with Crippen LogP contribution in [0, 0.1) is 5.92 Å². The normalized spacial score (nSPS) is 10.8. The van der Waals surface area contributed by atoms with Gasteiger partial charge in [-0.25, -0.2) is 0 Å². The van der Waals surface area contributed by atoms with Crippen LogP contribution < -0.4 is 10.6 Å². The Labute approximate surface area is 97.0 Å². The second-order valence-corrected chi connectivity index (χ2v) is 4.66. The van der Waals surface area contributed by atoms with Gasteiger partial charge < -0.3 is 10.6 Å². The first kappa shape index (κ1) is 12.3. The first-order chi connectivity index (χ1) is 7.04. The van der Waals surface area contributed by atoms with Gasteiger partial charge in [-0.1, -0.05) is 31.5 Å². The van der Waals surface area contributed by atoms with Gasteiger partial charge in [0.05, 0.1) is 0 Å². The van der Waals surface area contributed by atoms with E-state index < -0.39 is 0 Å². The highest BCUT2D eigenvalue weighted by molar-refractivity contribution is 6.31. The summed E-state index contributed by atoms with van der Waals surface area (Å²) in [5.41, 5.74) is 7.70. The van der Waals surface area contributed by atoms with Gasteiger partial charge in [0.25, 0.3) is 0 Å². The van der Waals surface area contributed by atoms with Crippen LogP contribution in [0.1, 0.15) is 19.4 Å². The number of hydrogen-bond acceptors (Lipinski definition) is 2. The summed E-state index contributed by atoms with van der Waals surface area (Å²) in [6.07, 6.45) is 0. The van der Waals surface area contributed by atoms with Crippen molar-refractivity contribution in [1.29, 1.82) is 0 Å². The van der Waals surface area contributed by atoms with Crippen molar-refractivity contribution in [3.8, 4) is 0 Å². The van der Waals surface area contributed by atoms with E-state index in [1.54, 1.807) is 0 Å². The molecule has 0 fully saturated rings. The molecule has 0 atom stereocenters. The highest BCUT2D eigenvalue weighted by Crippen LogP contribution is 2.23. The van der Waals surface area contributed by atoms with E-state index in [0.717, 1.165) is 22.8 Å². The van der Waals surface area contributed by atoms with Crippen LogP contribution in [-0.2, 0) is 6.54 Å². The van der Waals surface area contributed by atoms with Gasteiger partial charge in [-0.2, -0.15) is 0 Å². The van der Waals surface area contributed by atoms with Gasteiger partial charge in [0.1, 0.15) is 0 Å². The van der Waals surface area contributed by atoms with Crippen LogP contribution in [0.25, 0.3) is 0 Å². The highest BCUT2D eigenvalue weighted by atomic mass is 35.5. The van der Waals surface area contributed by atoms with Gasteiger partial charge in [0, 0.05) is 30.8 Å². The van der Waals surface area contributed by atoms with Crippen LogP contribution in [-0.4, -0.2) is 13.6 Å². The average Bonchev–Trinajstić information content (AvgIpc) is 2.16. The number of halogens is 1. The number of benzene rings is 1. The van der Waals surface area contributed by atoms with Crippen LogP contribution in [0.5, 0.6) is 0 Å². The Bertz CT molecular complexity index is 323. The lowest BCUT2D eigenvalue weighted by Crippen LogP contribution is -2.22. The van der Waals surface area contributed by atoms with E-state index in [1.165, 1.54) is 0 Å². The zero-order valence-electron chi connectivity index (χ0n) is 9.63. The van der Waals surface area contributed by atoms with E-state index in [4.69, 9.17) is 17.3 Å². The topological polar surface area (TPSA) is 29.3 Å². The van der Waals surface area contributed by atoms with Crippen LogP contribution in [0.2, 0.25) is 5.02 Å². The van der Waals surface area contributed by atoms with Crippen molar-refractivity contribution < 1.29 is 0 Å². The fraction of sp³-hybridized carbons (Fsp3) is 0.500. The largest absolute Gasteiger partial charge is 0.374 e. The van der Waals surface area contributed by atoms with Crippen LogP contribution in [0.4, 0.5) is 5.69 Å². The number of anilines is 1. The molecule has 1 rings (SSSR count). The number of rotatable bonds is 4. The molecule has 0 bridgehead atoms. The van der Waals surface area contributed by atoms with Crippen LogP contribution >= 0.6 is 11.6 Å². The Balaban J connectivity index is 2.82. The summed E-state index contributed by atoms with van der Waals surface area (Å²) in [5.74, 6) is 0.642. The minimum atomic E-state index is 0.493. The lowest BCUT2D eigenvalue weighted by Gasteiger charge is -2.22. The van der Waals surface area contributed by atoms with Crippen molar-refractivity contribution in [2.45, 2.75) is 20.4 Å². The van der Waals surface area contributed by atoms with Crippen molar-refractivity contribution in [2.24, 2.45) is 11.7 Å². The molecule has 0 aliphatic heterocycles. The van der Waals surface area contributed by atoms with Gasteiger partial charge >= 0.3 is 0 Å².